The topological polar surface area (TPSA) is 24.9 Å². The third kappa shape index (κ3) is 3.41. The molecule has 2 rings (SSSR count). The van der Waals surface area contributed by atoms with Gasteiger partial charge in [0.25, 0.3) is 0 Å². The van der Waals surface area contributed by atoms with Crippen molar-refractivity contribution >= 4 is 22.7 Å². The smallest absolute Gasteiger partial charge is 0.0940 e. The van der Waals surface area contributed by atoms with Crippen LogP contribution in [0.4, 0.5) is 0 Å². The number of nitrogens with one attached hydrogen (secondary N) is 1. The van der Waals surface area contributed by atoms with E-state index in [1.165, 1.54) is 14.8 Å². The molecule has 0 aromatic carbocycles. The molecule has 2 aromatic heterocycles. The van der Waals surface area contributed by atoms with Crippen molar-refractivity contribution in [2.75, 3.05) is 6.54 Å². The molecule has 0 saturated carbocycles. The molecule has 0 spiro atoms. The van der Waals surface area contributed by atoms with Crippen LogP contribution in [0.2, 0.25) is 0 Å². The predicted octanol–water partition coefficient (Wildman–Crippen LogP) is 2.85. The molecule has 1 N–H and O–H groups in total. The molecule has 0 bridgehead atoms. The van der Waals surface area contributed by atoms with Crippen molar-refractivity contribution in [1.82, 2.24) is 10.3 Å². The minimum atomic E-state index is 0.974. The summed E-state index contributed by atoms with van der Waals surface area (Å²) >= 11 is 3.58. The van der Waals surface area contributed by atoms with E-state index in [4.69, 9.17) is 0 Å². The molecule has 2 aromatic rings. The fourth-order valence-corrected chi connectivity index (χ4v) is 2.80. The highest BCUT2D eigenvalue weighted by molar-refractivity contribution is 7.11. The van der Waals surface area contributed by atoms with Crippen molar-refractivity contribution in [3.05, 3.63) is 38.5 Å². The van der Waals surface area contributed by atoms with Gasteiger partial charge in [-0.1, -0.05) is 6.07 Å². The first-order valence-corrected chi connectivity index (χ1v) is 6.68. The Morgan fingerprint density at radius 2 is 2.40 bits per heavy atom. The number of hydrogen-bond donors (Lipinski definition) is 1. The Kier molecular flexibility index (Phi) is 3.88. The largest absolute Gasteiger partial charge is 0.311 e. The standard InChI is InChI=1S/C11H14N2S2/c1-9-7-13-11(15-9)4-5-12-8-10-3-2-6-14-10/h2-3,6-7,12H,4-5,8H2,1H3. The second-order valence-corrected chi connectivity index (χ2v) is 5.72. The van der Waals surface area contributed by atoms with Crippen molar-refractivity contribution in [2.45, 2.75) is 19.9 Å². The summed E-state index contributed by atoms with van der Waals surface area (Å²) in [6.45, 7) is 4.08. The highest BCUT2D eigenvalue weighted by Gasteiger charge is 1.98. The fourth-order valence-electron chi connectivity index (χ4n) is 1.34. The van der Waals surface area contributed by atoms with Crippen LogP contribution in [-0.4, -0.2) is 11.5 Å². The number of rotatable bonds is 5. The van der Waals surface area contributed by atoms with Crippen molar-refractivity contribution in [3.8, 4) is 0 Å². The van der Waals surface area contributed by atoms with Crippen LogP contribution in [0.25, 0.3) is 0 Å². The van der Waals surface area contributed by atoms with E-state index < -0.39 is 0 Å². The van der Waals surface area contributed by atoms with Crippen LogP contribution in [0.1, 0.15) is 14.8 Å². The Bertz CT molecular complexity index is 392. The zero-order valence-electron chi connectivity index (χ0n) is 8.69. The molecule has 0 aliphatic heterocycles. The summed E-state index contributed by atoms with van der Waals surface area (Å²) in [4.78, 5) is 7.02. The highest BCUT2D eigenvalue weighted by atomic mass is 32.1. The second-order valence-electron chi connectivity index (χ2n) is 3.37. The summed E-state index contributed by atoms with van der Waals surface area (Å²) in [6.07, 6.45) is 2.98. The number of hydrogen-bond acceptors (Lipinski definition) is 4. The monoisotopic (exact) mass is 238 g/mol. The number of nitrogens with zero attached hydrogens (tertiary/aromatic N) is 1. The molecule has 0 saturated heterocycles. The molecule has 0 amide bonds. The fraction of sp³-hybridized carbons (Fsp3) is 0.364. The van der Waals surface area contributed by atoms with E-state index in [1.807, 2.05) is 6.20 Å². The Morgan fingerprint density at radius 3 is 3.07 bits per heavy atom. The van der Waals surface area contributed by atoms with Crippen molar-refractivity contribution in [1.29, 1.82) is 0 Å². The van der Waals surface area contributed by atoms with Gasteiger partial charge >= 0.3 is 0 Å². The lowest BCUT2D eigenvalue weighted by atomic mass is 10.4. The van der Waals surface area contributed by atoms with Crippen LogP contribution in [0, 0.1) is 6.92 Å². The molecule has 0 unspecified atom stereocenters. The van der Waals surface area contributed by atoms with Gasteiger partial charge in [0.15, 0.2) is 0 Å². The molecule has 80 valence electrons. The van der Waals surface area contributed by atoms with E-state index in [9.17, 15) is 0 Å². The third-order valence-electron chi connectivity index (χ3n) is 2.06. The number of aryl methyl sites for hydroxylation is 1. The lowest BCUT2D eigenvalue weighted by molar-refractivity contribution is 0.692. The minimum absolute atomic E-state index is 0.974. The van der Waals surface area contributed by atoms with E-state index in [-0.39, 0.29) is 0 Å². The zero-order valence-corrected chi connectivity index (χ0v) is 10.3. The van der Waals surface area contributed by atoms with Crippen LogP contribution in [0.5, 0.6) is 0 Å². The van der Waals surface area contributed by atoms with Gasteiger partial charge in [-0.2, -0.15) is 0 Å². The van der Waals surface area contributed by atoms with Crippen LogP contribution in [0.15, 0.2) is 23.7 Å². The summed E-state index contributed by atoms with van der Waals surface area (Å²) in [5.74, 6) is 0. The molecule has 4 heteroatoms. The van der Waals surface area contributed by atoms with E-state index in [1.54, 1.807) is 22.7 Å². The molecule has 0 atom stereocenters. The maximum absolute atomic E-state index is 4.33. The van der Waals surface area contributed by atoms with Crippen molar-refractivity contribution in [2.24, 2.45) is 0 Å². The number of thiazole rings is 1. The van der Waals surface area contributed by atoms with Gasteiger partial charge in [0, 0.05) is 35.5 Å². The zero-order chi connectivity index (χ0) is 10.5. The summed E-state index contributed by atoms with van der Waals surface area (Å²) < 4.78 is 0. The van der Waals surface area contributed by atoms with Crippen LogP contribution < -0.4 is 5.32 Å². The highest BCUT2D eigenvalue weighted by Crippen LogP contribution is 2.11. The van der Waals surface area contributed by atoms with Crippen molar-refractivity contribution < 1.29 is 0 Å². The van der Waals surface area contributed by atoms with Gasteiger partial charge in [-0.15, -0.1) is 22.7 Å². The molecule has 15 heavy (non-hydrogen) atoms. The summed E-state index contributed by atoms with van der Waals surface area (Å²) in [5, 5.41) is 6.76. The maximum atomic E-state index is 4.33. The van der Waals surface area contributed by atoms with Gasteiger partial charge in [0.1, 0.15) is 0 Å². The average Bonchev–Trinajstić information content (AvgIpc) is 2.84. The van der Waals surface area contributed by atoms with Crippen LogP contribution >= 0.6 is 22.7 Å². The Hall–Kier alpha value is -0.710. The maximum Gasteiger partial charge on any atom is 0.0940 e. The quantitative estimate of drug-likeness (QED) is 0.810. The molecule has 2 nitrogen and oxygen atoms in total. The first kappa shape index (κ1) is 10.8. The lowest BCUT2D eigenvalue weighted by Gasteiger charge is -2.00. The van der Waals surface area contributed by atoms with E-state index in [0.717, 1.165) is 19.5 Å². The van der Waals surface area contributed by atoms with Gasteiger partial charge in [0.2, 0.25) is 0 Å². The molecular weight excluding hydrogens is 224 g/mol. The van der Waals surface area contributed by atoms with Gasteiger partial charge in [0.05, 0.1) is 5.01 Å². The first-order chi connectivity index (χ1) is 7.34. The van der Waals surface area contributed by atoms with Crippen LogP contribution in [-0.2, 0) is 13.0 Å². The summed E-state index contributed by atoms with van der Waals surface area (Å²) in [7, 11) is 0. The van der Waals surface area contributed by atoms with E-state index >= 15 is 0 Å². The minimum Gasteiger partial charge on any atom is -0.311 e. The average molecular weight is 238 g/mol. The Balaban J connectivity index is 1.67. The van der Waals surface area contributed by atoms with Crippen molar-refractivity contribution in [3.63, 3.8) is 0 Å². The van der Waals surface area contributed by atoms with Crippen LogP contribution in [0.3, 0.4) is 0 Å². The molecule has 0 radical (unpaired) electrons. The second kappa shape index (κ2) is 5.39. The molecule has 0 fully saturated rings. The van der Waals surface area contributed by atoms with E-state index in [2.05, 4.69) is 34.7 Å². The lowest BCUT2D eigenvalue weighted by Crippen LogP contribution is -2.15. The summed E-state index contributed by atoms with van der Waals surface area (Å²) in [6, 6.07) is 4.25. The Labute approximate surface area is 98.0 Å². The predicted molar refractivity (Wildman–Crippen MR) is 66.6 cm³/mol. The molecule has 2 heterocycles. The SMILES string of the molecule is Cc1cnc(CCNCc2cccs2)s1. The van der Waals surface area contributed by atoms with Gasteiger partial charge in [-0.25, -0.2) is 4.98 Å². The van der Waals surface area contributed by atoms with Gasteiger partial charge < -0.3 is 5.32 Å². The third-order valence-corrected chi connectivity index (χ3v) is 3.91. The summed E-state index contributed by atoms with van der Waals surface area (Å²) in [5.41, 5.74) is 0. The normalized spacial score (nSPS) is 10.7. The Morgan fingerprint density at radius 1 is 1.47 bits per heavy atom. The molecular formula is C11H14N2S2. The number of aromatic nitrogens is 1. The molecule has 0 aliphatic rings. The van der Waals surface area contributed by atoms with Gasteiger partial charge in [-0.05, 0) is 18.4 Å². The number of thiophene rings is 1. The van der Waals surface area contributed by atoms with Gasteiger partial charge in [-0.3, -0.25) is 0 Å². The van der Waals surface area contributed by atoms with E-state index in [0.29, 0.717) is 0 Å². The molecule has 0 aliphatic carbocycles. The first-order valence-electron chi connectivity index (χ1n) is 4.99.